The van der Waals surface area contributed by atoms with Crippen LogP contribution in [0.2, 0.25) is 0 Å². The van der Waals surface area contributed by atoms with Crippen molar-refractivity contribution in [3.63, 3.8) is 0 Å². The number of hydrogen-bond donors (Lipinski definition) is 2. The molecule has 19 heavy (non-hydrogen) atoms. The van der Waals surface area contributed by atoms with E-state index in [0.29, 0.717) is 16.6 Å². The maximum absolute atomic E-state index is 14.1. The first-order valence-corrected chi connectivity index (χ1v) is 7.29. The van der Waals surface area contributed by atoms with E-state index >= 15 is 0 Å². The molecular formula is C12H13Br2FN4. The number of hydrazine groups is 1. The second kappa shape index (κ2) is 6.13. The number of halogens is 3. The summed E-state index contributed by atoms with van der Waals surface area (Å²) in [6, 6.07) is 4.43. The molecule has 1 aromatic heterocycles. The summed E-state index contributed by atoms with van der Waals surface area (Å²) in [6.45, 7) is 2.64. The zero-order chi connectivity index (χ0) is 14.0. The minimum atomic E-state index is -0.468. The van der Waals surface area contributed by atoms with Crippen molar-refractivity contribution in [3.05, 3.63) is 50.4 Å². The van der Waals surface area contributed by atoms with E-state index in [1.54, 1.807) is 23.0 Å². The number of aromatic nitrogens is 2. The zero-order valence-corrected chi connectivity index (χ0v) is 13.4. The highest BCUT2D eigenvalue weighted by molar-refractivity contribution is 9.10. The quantitative estimate of drug-likeness (QED) is 0.621. The van der Waals surface area contributed by atoms with Crippen molar-refractivity contribution in [1.82, 2.24) is 15.2 Å². The highest BCUT2D eigenvalue weighted by Gasteiger charge is 2.23. The third-order valence-corrected chi connectivity index (χ3v) is 3.95. The topological polar surface area (TPSA) is 55.9 Å². The maximum atomic E-state index is 14.1. The van der Waals surface area contributed by atoms with Crippen LogP contribution in [0.4, 0.5) is 4.39 Å². The molecule has 2 rings (SSSR count). The van der Waals surface area contributed by atoms with Gasteiger partial charge in [0.25, 0.3) is 0 Å². The van der Waals surface area contributed by atoms with E-state index in [4.69, 9.17) is 5.84 Å². The fourth-order valence-corrected chi connectivity index (χ4v) is 2.82. The van der Waals surface area contributed by atoms with Crippen molar-refractivity contribution in [2.24, 2.45) is 5.84 Å². The Morgan fingerprint density at radius 3 is 2.79 bits per heavy atom. The van der Waals surface area contributed by atoms with E-state index in [0.717, 1.165) is 10.2 Å². The number of nitrogens with zero attached hydrogens (tertiary/aromatic N) is 2. The Kier molecular flexibility index (Phi) is 4.72. The van der Waals surface area contributed by atoms with Crippen molar-refractivity contribution < 1.29 is 4.39 Å². The van der Waals surface area contributed by atoms with Crippen LogP contribution in [0.25, 0.3) is 0 Å². The van der Waals surface area contributed by atoms with Gasteiger partial charge in [-0.3, -0.25) is 10.5 Å². The van der Waals surface area contributed by atoms with Crippen LogP contribution in [0.3, 0.4) is 0 Å². The van der Waals surface area contributed by atoms with E-state index in [9.17, 15) is 4.39 Å². The average molecular weight is 392 g/mol. The van der Waals surface area contributed by atoms with E-state index in [-0.39, 0.29) is 5.82 Å². The molecule has 2 aromatic rings. The van der Waals surface area contributed by atoms with Gasteiger partial charge in [0.15, 0.2) is 0 Å². The second-order valence-electron chi connectivity index (χ2n) is 3.96. The molecule has 1 aromatic carbocycles. The smallest absolute Gasteiger partial charge is 0.129 e. The third kappa shape index (κ3) is 2.89. The number of rotatable bonds is 4. The Labute approximate surface area is 127 Å². The summed E-state index contributed by atoms with van der Waals surface area (Å²) in [6.07, 6.45) is 1.68. The molecule has 0 radical (unpaired) electrons. The minimum absolute atomic E-state index is 0.326. The van der Waals surface area contributed by atoms with Crippen molar-refractivity contribution >= 4 is 31.9 Å². The summed E-state index contributed by atoms with van der Waals surface area (Å²) in [5.74, 6) is 5.28. The molecule has 0 bridgehead atoms. The lowest BCUT2D eigenvalue weighted by molar-refractivity contribution is 0.514. The summed E-state index contributed by atoms with van der Waals surface area (Å²) < 4.78 is 17.3. The molecule has 1 unspecified atom stereocenters. The Balaban J connectivity index is 2.52. The van der Waals surface area contributed by atoms with Gasteiger partial charge in [0.2, 0.25) is 0 Å². The van der Waals surface area contributed by atoms with Gasteiger partial charge in [-0.2, -0.15) is 5.10 Å². The largest absolute Gasteiger partial charge is 0.271 e. The summed E-state index contributed by atoms with van der Waals surface area (Å²) >= 11 is 6.67. The van der Waals surface area contributed by atoms with Gasteiger partial charge in [-0.15, -0.1) is 0 Å². The molecule has 7 heteroatoms. The summed E-state index contributed by atoms with van der Waals surface area (Å²) in [4.78, 5) is 0. The lowest BCUT2D eigenvalue weighted by atomic mass is 10.0. The molecule has 1 atom stereocenters. The van der Waals surface area contributed by atoms with Crippen LogP contribution in [0.15, 0.2) is 33.3 Å². The van der Waals surface area contributed by atoms with Crippen LogP contribution in [0.1, 0.15) is 24.2 Å². The highest BCUT2D eigenvalue weighted by Crippen LogP contribution is 2.30. The molecular weight excluding hydrogens is 379 g/mol. The van der Waals surface area contributed by atoms with Gasteiger partial charge in [-0.25, -0.2) is 9.82 Å². The lowest BCUT2D eigenvalue weighted by Crippen LogP contribution is -2.31. The molecule has 0 aliphatic rings. The van der Waals surface area contributed by atoms with Gasteiger partial charge in [0, 0.05) is 16.6 Å². The Bertz CT molecular complexity index is 585. The molecule has 0 spiro atoms. The Morgan fingerprint density at radius 2 is 2.21 bits per heavy atom. The first-order valence-electron chi connectivity index (χ1n) is 5.70. The van der Waals surface area contributed by atoms with Crippen molar-refractivity contribution in [2.45, 2.75) is 19.5 Å². The molecule has 0 amide bonds. The number of benzene rings is 1. The number of nitrogens with two attached hydrogens (primary N) is 1. The number of nitrogens with one attached hydrogen (secondary N) is 1. The van der Waals surface area contributed by atoms with Crippen molar-refractivity contribution in [1.29, 1.82) is 0 Å². The monoisotopic (exact) mass is 390 g/mol. The first kappa shape index (κ1) is 14.6. The lowest BCUT2D eigenvalue weighted by Gasteiger charge is -2.19. The molecule has 0 aliphatic heterocycles. The van der Waals surface area contributed by atoms with Gasteiger partial charge in [-0.05, 0) is 35.0 Å². The van der Waals surface area contributed by atoms with Crippen LogP contribution in [0.5, 0.6) is 0 Å². The second-order valence-corrected chi connectivity index (χ2v) is 5.73. The molecule has 102 valence electrons. The van der Waals surface area contributed by atoms with E-state index in [1.807, 2.05) is 6.92 Å². The van der Waals surface area contributed by atoms with Gasteiger partial charge in [0.1, 0.15) is 5.82 Å². The summed E-state index contributed by atoms with van der Waals surface area (Å²) in [5, 5.41) is 4.22. The molecule has 3 N–H and O–H groups in total. The van der Waals surface area contributed by atoms with Crippen LogP contribution < -0.4 is 11.3 Å². The number of hydrogen-bond acceptors (Lipinski definition) is 3. The highest BCUT2D eigenvalue weighted by atomic mass is 79.9. The van der Waals surface area contributed by atoms with E-state index in [2.05, 4.69) is 42.4 Å². The van der Waals surface area contributed by atoms with Crippen molar-refractivity contribution in [3.8, 4) is 0 Å². The predicted molar refractivity (Wildman–Crippen MR) is 78.9 cm³/mol. The predicted octanol–water partition coefficient (Wildman–Crippen LogP) is 3.12. The average Bonchev–Trinajstić information content (AvgIpc) is 2.74. The summed E-state index contributed by atoms with van der Waals surface area (Å²) in [7, 11) is 0. The van der Waals surface area contributed by atoms with Crippen LogP contribution in [-0.2, 0) is 6.54 Å². The third-order valence-electron chi connectivity index (χ3n) is 2.85. The standard InChI is InChI=1S/C12H13Br2FN4/c1-2-19-12(9(14)6-17-19)11(18-16)8-4-3-7(13)5-10(8)15/h3-6,11,18H,2,16H2,1H3. The van der Waals surface area contributed by atoms with Gasteiger partial charge < -0.3 is 0 Å². The molecule has 0 saturated carbocycles. The molecule has 1 heterocycles. The molecule has 4 nitrogen and oxygen atoms in total. The SMILES string of the molecule is CCn1ncc(Br)c1C(NN)c1ccc(Br)cc1F. The minimum Gasteiger partial charge on any atom is -0.271 e. The van der Waals surface area contributed by atoms with E-state index < -0.39 is 6.04 Å². The molecule has 0 fully saturated rings. The normalized spacial score (nSPS) is 12.7. The fourth-order valence-electron chi connectivity index (χ4n) is 1.96. The first-order chi connectivity index (χ1) is 9.08. The van der Waals surface area contributed by atoms with Crippen LogP contribution in [-0.4, -0.2) is 9.78 Å². The molecule has 0 saturated heterocycles. The molecule has 0 aliphatic carbocycles. The van der Waals surface area contributed by atoms with Gasteiger partial charge >= 0.3 is 0 Å². The maximum Gasteiger partial charge on any atom is 0.129 e. The number of aryl methyl sites for hydroxylation is 1. The van der Waals surface area contributed by atoms with Crippen LogP contribution in [0, 0.1) is 5.82 Å². The van der Waals surface area contributed by atoms with Gasteiger partial charge in [-0.1, -0.05) is 22.0 Å². The van der Waals surface area contributed by atoms with Crippen molar-refractivity contribution in [2.75, 3.05) is 0 Å². The van der Waals surface area contributed by atoms with Crippen LogP contribution >= 0.6 is 31.9 Å². The van der Waals surface area contributed by atoms with Gasteiger partial charge in [0.05, 0.1) is 22.4 Å². The zero-order valence-electron chi connectivity index (χ0n) is 10.2. The Hall–Kier alpha value is -0.760. The Morgan fingerprint density at radius 1 is 1.47 bits per heavy atom. The summed E-state index contributed by atoms with van der Waals surface area (Å²) in [5.41, 5.74) is 3.92. The fraction of sp³-hybridized carbons (Fsp3) is 0.250. The van der Waals surface area contributed by atoms with E-state index in [1.165, 1.54) is 6.07 Å².